The predicted octanol–water partition coefficient (Wildman–Crippen LogP) is 3.18. The summed E-state index contributed by atoms with van der Waals surface area (Å²) in [5.74, 6) is 0.170. The fourth-order valence-electron chi connectivity index (χ4n) is 2.16. The van der Waals surface area contributed by atoms with Crippen molar-refractivity contribution in [3.8, 4) is 0 Å². The van der Waals surface area contributed by atoms with E-state index in [0.29, 0.717) is 22.9 Å². The summed E-state index contributed by atoms with van der Waals surface area (Å²) in [6, 6.07) is 5.20. The van der Waals surface area contributed by atoms with Crippen LogP contribution in [0.5, 0.6) is 0 Å². The molecular formula is C15H22ClNO2. The fourth-order valence-corrected chi connectivity index (χ4v) is 2.33. The number of aliphatic hydroxyl groups is 1. The number of hydrogen-bond acceptors (Lipinski definition) is 2. The highest BCUT2D eigenvalue weighted by Gasteiger charge is 2.23. The van der Waals surface area contributed by atoms with Crippen LogP contribution in [0.25, 0.3) is 0 Å². The zero-order valence-electron chi connectivity index (χ0n) is 12.0. The van der Waals surface area contributed by atoms with E-state index in [1.165, 1.54) is 0 Å². The summed E-state index contributed by atoms with van der Waals surface area (Å²) in [7, 11) is 0. The van der Waals surface area contributed by atoms with Crippen LogP contribution in [0.4, 0.5) is 0 Å². The van der Waals surface area contributed by atoms with Crippen molar-refractivity contribution in [1.29, 1.82) is 0 Å². The quantitative estimate of drug-likeness (QED) is 0.872. The number of carbonyl (C=O) groups is 1. The van der Waals surface area contributed by atoms with E-state index in [2.05, 4.69) is 5.32 Å². The smallest absolute Gasteiger partial charge is 0.251 e. The minimum Gasteiger partial charge on any atom is -0.388 e. The molecule has 0 fully saturated rings. The Hall–Kier alpha value is -1.06. The maximum absolute atomic E-state index is 12.1. The van der Waals surface area contributed by atoms with Gasteiger partial charge >= 0.3 is 0 Å². The molecule has 0 radical (unpaired) electrons. The highest BCUT2D eigenvalue weighted by atomic mass is 35.5. The van der Waals surface area contributed by atoms with E-state index in [0.717, 1.165) is 5.56 Å². The number of benzene rings is 1. The van der Waals surface area contributed by atoms with Gasteiger partial charge in [0.2, 0.25) is 0 Å². The van der Waals surface area contributed by atoms with Crippen molar-refractivity contribution in [1.82, 2.24) is 5.32 Å². The molecular weight excluding hydrogens is 262 g/mol. The lowest BCUT2D eigenvalue weighted by Gasteiger charge is -2.25. The molecule has 0 aliphatic rings. The standard InChI is InChI=1S/C15H22ClNO2/c1-10(2)8-15(4,19)9-17-14(18)13-7-12(16)6-5-11(13)3/h5-7,10,19H,8-9H2,1-4H3,(H,17,18). The molecule has 0 saturated carbocycles. The molecule has 3 nitrogen and oxygen atoms in total. The zero-order valence-corrected chi connectivity index (χ0v) is 12.7. The van der Waals surface area contributed by atoms with Crippen LogP contribution in [-0.4, -0.2) is 23.2 Å². The molecule has 106 valence electrons. The summed E-state index contributed by atoms with van der Waals surface area (Å²) in [5.41, 5.74) is 0.522. The van der Waals surface area contributed by atoms with E-state index in [9.17, 15) is 9.90 Å². The number of amides is 1. The van der Waals surface area contributed by atoms with E-state index in [-0.39, 0.29) is 12.5 Å². The average Bonchev–Trinajstić information content (AvgIpc) is 2.27. The van der Waals surface area contributed by atoms with Gasteiger partial charge in [0.05, 0.1) is 5.60 Å². The molecule has 0 saturated heterocycles. The van der Waals surface area contributed by atoms with Crippen LogP contribution in [0.3, 0.4) is 0 Å². The lowest BCUT2D eigenvalue weighted by Crippen LogP contribution is -2.41. The molecule has 0 bridgehead atoms. The van der Waals surface area contributed by atoms with Crippen LogP contribution in [0.15, 0.2) is 18.2 Å². The van der Waals surface area contributed by atoms with Gasteiger partial charge in [0.25, 0.3) is 5.91 Å². The fraction of sp³-hybridized carbons (Fsp3) is 0.533. The Labute approximate surface area is 120 Å². The third kappa shape index (κ3) is 5.21. The molecule has 0 aliphatic carbocycles. The molecule has 1 atom stereocenters. The summed E-state index contributed by atoms with van der Waals surface area (Å²) >= 11 is 5.89. The Kier molecular flexibility index (Phi) is 5.39. The van der Waals surface area contributed by atoms with Crippen molar-refractivity contribution >= 4 is 17.5 Å². The number of rotatable bonds is 5. The summed E-state index contributed by atoms with van der Waals surface area (Å²) in [4.78, 5) is 12.1. The highest BCUT2D eigenvalue weighted by Crippen LogP contribution is 2.17. The first-order valence-electron chi connectivity index (χ1n) is 6.48. The van der Waals surface area contributed by atoms with Crippen molar-refractivity contribution in [3.05, 3.63) is 34.3 Å². The predicted molar refractivity (Wildman–Crippen MR) is 78.6 cm³/mol. The Bertz CT molecular complexity index is 455. The maximum atomic E-state index is 12.1. The van der Waals surface area contributed by atoms with Gasteiger partial charge in [-0.05, 0) is 43.9 Å². The molecule has 1 aromatic carbocycles. The van der Waals surface area contributed by atoms with Crippen molar-refractivity contribution in [3.63, 3.8) is 0 Å². The van der Waals surface area contributed by atoms with Gasteiger partial charge in [-0.1, -0.05) is 31.5 Å². The molecule has 0 heterocycles. The van der Waals surface area contributed by atoms with Gasteiger partial charge in [-0.2, -0.15) is 0 Å². The van der Waals surface area contributed by atoms with Crippen LogP contribution in [-0.2, 0) is 0 Å². The monoisotopic (exact) mass is 283 g/mol. The van der Waals surface area contributed by atoms with Crippen LogP contribution >= 0.6 is 11.6 Å². The number of aryl methyl sites for hydroxylation is 1. The third-order valence-corrected chi connectivity index (χ3v) is 3.16. The first kappa shape index (κ1) is 16.0. The maximum Gasteiger partial charge on any atom is 0.251 e. The number of hydrogen-bond donors (Lipinski definition) is 2. The second kappa shape index (κ2) is 6.40. The Balaban J connectivity index is 2.68. The van der Waals surface area contributed by atoms with Crippen LogP contribution < -0.4 is 5.32 Å². The van der Waals surface area contributed by atoms with Gasteiger partial charge in [-0.15, -0.1) is 0 Å². The summed E-state index contributed by atoms with van der Waals surface area (Å²) in [6.07, 6.45) is 0.641. The highest BCUT2D eigenvalue weighted by molar-refractivity contribution is 6.31. The molecule has 2 N–H and O–H groups in total. The molecule has 0 spiro atoms. The van der Waals surface area contributed by atoms with Crippen LogP contribution in [0, 0.1) is 12.8 Å². The number of nitrogens with one attached hydrogen (secondary N) is 1. The van der Waals surface area contributed by atoms with Gasteiger partial charge in [0.15, 0.2) is 0 Å². The molecule has 1 rings (SSSR count). The van der Waals surface area contributed by atoms with Crippen molar-refractivity contribution in [2.45, 2.75) is 39.7 Å². The van der Waals surface area contributed by atoms with Gasteiger partial charge in [0, 0.05) is 17.1 Å². The molecule has 1 amide bonds. The van der Waals surface area contributed by atoms with Gasteiger partial charge in [0.1, 0.15) is 0 Å². The molecule has 4 heteroatoms. The molecule has 1 unspecified atom stereocenters. The largest absolute Gasteiger partial charge is 0.388 e. The van der Waals surface area contributed by atoms with E-state index in [1.54, 1.807) is 19.1 Å². The Morgan fingerprint density at radius 2 is 2.11 bits per heavy atom. The van der Waals surface area contributed by atoms with Gasteiger partial charge in [-0.3, -0.25) is 4.79 Å². The minimum atomic E-state index is -0.893. The summed E-state index contributed by atoms with van der Waals surface area (Å²) in [6.45, 7) is 7.90. The normalized spacial score (nSPS) is 14.3. The van der Waals surface area contributed by atoms with Gasteiger partial charge < -0.3 is 10.4 Å². The topological polar surface area (TPSA) is 49.3 Å². The lowest BCUT2D eigenvalue weighted by atomic mass is 9.94. The number of halogens is 1. The second-order valence-corrected chi connectivity index (χ2v) is 6.17. The minimum absolute atomic E-state index is 0.205. The van der Waals surface area contributed by atoms with Crippen molar-refractivity contribution < 1.29 is 9.90 Å². The molecule has 0 aromatic heterocycles. The first-order chi connectivity index (χ1) is 8.71. The number of carbonyl (C=O) groups excluding carboxylic acids is 1. The molecule has 19 heavy (non-hydrogen) atoms. The van der Waals surface area contributed by atoms with Crippen molar-refractivity contribution in [2.24, 2.45) is 5.92 Å². The van der Waals surface area contributed by atoms with Gasteiger partial charge in [-0.25, -0.2) is 0 Å². The third-order valence-electron chi connectivity index (χ3n) is 2.92. The Morgan fingerprint density at radius 1 is 1.47 bits per heavy atom. The first-order valence-corrected chi connectivity index (χ1v) is 6.86. The van der Waals surface area contributed by atoms with Crippen molar-refractivity contribution in [2.75, 3.05) is 6.54 Å². The second-order valence-electron chi connectivity index (χ2n) is 5.74. The summed E-state index contributed by atoms with van der Waals surface area (Å²) < 4.78 is 0. The van der Waals surface area contributed by atoms with Crippen LogP contribution in [0.1, 0.15) is 43.1 Å². The van der Waals surface area contributed by atoms with Crippen LogP contribution in [0.2, 0.25) is 5.02 Å². The average molecular weight is 284 g/mol. The summed E-state index contributed by atoms with van der Waals surface area (Å²) in [5, 5.41) is 13.5. The van der Waals surface area contributed by atoms with E-state index in [4.69, 9.17) is 11.6 Å². The van der Waals surface area contributed by atoms with E-state index < -0.39 is 5.60 Å². The van der Waals surface area contributed by atoms with E-state index >= 15 is 0 Å². The van der Waals surface area contributed by atoms with E-state index in [1.807, 2.05) is 26.8 Å². The molecule has 0 aliphatic heterocycles. The molecule has 1 aromatic rings. The zero-order chi connectivity index (χ0) is 14.6. The Morgan fingerprint density at radius 3 is 2.68 bits per heavy atom. The lowest BCUT2D eigenvalue weighted by molar-refractivity contribution is 0.0368. The SMILES string of the molecule is Cc1ccc(Cl)cc1C(=O)NCC(C)(O)CC(C)C.